The van der Waals surface area contributed by atoms with Crippen LogP contribution in [0, 0.1) is 0 Å². The molecule has 0 saturated heterocycles. The largest absolute Gasteiger partial charge is 0.872 e. The van der Waals surface area contributed by atoms with Crippen molar-refractivity contribution in [1.82, 2.24) is 14.2 Å². The van der Waals surface area contributed by atoms with E-state index in [-0.39, 0.29) is 17.4 Å². The Kier molecular flexibility index (Phi) is 5.90. The van der Waals surface area contributed by atoms with Gasteiger partial charge in [0.2, 0.25) is 0 Å². The van der Waals surface area contributed by atoms with Gasteiger partial charge in [0, 0.05) is 28.9 Å². The van der Waals surface area contributed by atoms with E-state index in [9.17, 15) is 9.90 Å². The smallest absolute Gasteiger partial charge is 0.369 e. The Morgan fingerprint density at radius 1 is 1.09 bits per heavy atom. The number of para-hydroxylation sites is 1. The fourth-order valence-corrected chi connectivity index (χ4v) is 5.73. The lowest BCUT2D eigenvalue weighted by atomic mass is 9.98. The molecule has 0 radical (unpaired) electrons. The molecule has 1 unspecified atom stereocenters. The molecule has 6 nitrogen and oxygen atoms in total. The molecule has 0 bridgehead atoms. The average Bonchev–Trinajstić information content (AvgIpc) is 3.39. The van der Waals surface area contributed by atoms with Gasteiger partial charge in [0.1, 0.15) is 11.6 Å². The molecule has 0 amide bonds. The molecule has 2 aromatic carbocycles. The molecule has 0 N–H and O–H groups in total. The third-order valence-electron chi connectivity index (χ3n) is 5.69. The number of rotatable bonds is 4. The highest BCUT2D eigenvalue weighted by Crippen LogP contribution is 2.36. The lowest BCUT2D eigenvalue weighted by Crippen LogP contribution is -2.46. The SMILES string of the molecule is CC(c1cnc(Cl)s1)[n+]1c(-c2ccccc2[O-])c(-c2cc(Cl)cc(Cl)c2)c(=O)n2c1ccn2C. The van der Waals surface area contributed by atoms with E-state index in [2.05, 4.69) is 4.98 Å². The molecule has 0 aliphatic rings. The second-order valence-corrected chi connectivity index (χ2v) is 10.3. The van der Waals surface area contributed by atoms with E-state index in [4.69, 9.17) is 34.8 Å². The van der Waals surface area contributed by atoms with Crippen LogP contribution in [-0.4, -0.2) is 14.2 Å². The van der Waals surface area contributed by atoms with Crippen molar-refractivity contribution in [2.45, 2.75) is 13.0 Å². The molecule has 172 valence electrons. The second-order valence-electron chi connectivity index (χ2n) is 7.80. The van der Waals surface area contributed by atoms with Crippen molar-refractivity contribution in [3.8, 4) is 28.1 Å². The summed E-state index contributed by atoms with van der Waals surface area (Å²) in [5, 5.41) is 13.9. The summed E-state index contributed by atoms with van der Waals surface area (Å²) >= 11 is 20.1. The summed E-state index contributed by atoms with van der Waals surface area (Å²) in [6.07, 6.45) is 3.50. The van der Waals surface area contributed by atoms with Gasteiger partial charge in [0.25, 0.3) is 0 Å². The molecule has 3 heterocycles. The van der Waals surface area contributed by atoms with E-state index in [1.807, 2.05) is 17.6 Å². The topological polar surface area (TPSA) is 66.2 Å². The summed E-state index contributed by atoms with van der Waals surface area (Å²) in [6.45, 7) is 1.98. The lowest BCUT2D eigenvalue weighted by molar-refractivity contribution is -0.677. The molecule has 1 atom stereocenters. The number of benzene rings is 2. The molecule has 5 aromatic rings. The van der Waals surface area contributed by atoms with Gasteiger partial charge in [0.05, 0.1) is 17.1 Å². The van der Waals surface area contributed by atoms with Gasteiger partial charge in [-0.25, -0.2) is 19.0 Å². The molecule has 0 fully saturated rings. The number of hydrogen-bond donors (Lipinski definition) is 0. The van der Waals surface area contributed by atoms with Crippen molar-refractivity contribution in [2.24, 2.45) is 7.05 Å². The minimum atomic E-state index is -0.301. The molecule has 0 spiro atoms. The standard InChI is InChI=1S/C24H17Cl3N4O2S/c1-13(19-12-28-24(27)34-19)30-20-7-8-29(2)31(20)23(33)21(14-9-15(25)11-16(26)10-14)22(30)17-5-3-4-6-18(17)32/h3-13H,1-2H3. The highest BCUT2D eigenvalue weighted by atomic mass is 35.5. The van der Waals surface area contributed by atoms with Crippen LogP contribution >= 0.6 is 46.1 Å². The number of halogens is 3. The Hall–Kier alpha value is -2.84. The first-order chi connectivity index (χ1) is 16.3. The first-order valence-corrected chi connectivity index (χ1v) is 12.2. The van der Waals surface area contributed by atoms with Crippen LogP contribution in [0.1, 0.15) is 17.8 Å². The maximum absolute atomic E-state index is 14.0. The van der Waals surface area contributed by atoms with Gasteiger partial charge in [-0.1, -0.05) is 69.3 Å². The van der Waals surface area contributed by atoms with Gasteiger partial charge < -0.3 is 5.11 Å². The van der Waals surface area contributed by atoms with Gasteiger partial charge >= 0.3 is 11.2 Å². The number of fused-ring (bicyclic) bond motifs is 1. The summed E-state index contributed by atoms with van der Waals surface area (Å²) in [4.78, 5) is 19.0. The van der Waals surface area contributed by atoms with E-state index < -0.39 is 0 Å². The Bertz CT molecular complexity index is 1600. The van der Waals surface area contributed by atoms with Crippen molar-refractivity contribution in [1.29, 1.82) is 0 Å². The van der Waals surface area contributed by atoms with E-state index >= 15 is 0 Å². The average molecular weight is 532 g/mol. The van der Waals surface area contributed by atoms with Crippen LogP contribution in [-0.2, 0) is 7.05 Å². The first-order valence-electron chi connectivity index (χ1n) is 10.3. The van der Waals surface area contributed by atoms with Crippen LogP contribution in [0.15, 0.2) is 65.7 Å². The minimum absolute atomic E-state index is 0.208. The zero-order chi connectivity index (χ0) is 24.1. The number of hydrogen-bond acceptors (Lipinski definition) is 4. The zero-order valence-electron chi connectivity index (χ0n) is 18.0. The summed E-state index contributed by atoms with van der Waals surface area (Å²) in [6, 6.07) is 13.1. The zero-order valence-corrected chi connectivity index (χ0v) is 21.1. The van der Waals surface area contributed by atoms with E-state index in [0.29, 0.717) is 42.5 Å². The van der Waals surface area contributed by atoms with Crippen LogP contribution in [0.25, 0.3) is 28.0 Å². The summed E-state index contributed by atoms with van der Waals surface area (Å²) < 4.78 is 5.63. The lowest BCUT2D eigenvalue weighted by Gasteiger charge is -2.21. The fourth-order valence-electron chi connectivity index (χ4n) is 4.21. The molecule has 0 aliphatic heterocycles. The Labute approximate surface area is 213 Å². The predicted octanol–water partition coefficient (Wildman–Crippen LogP) is 5.36. The Morgan fingerprint density at radius 2 is 1.79 bits per heavy atom. The van der Waals surface area contributed by atoms with Gasteiger partial charge in [-0.3, -0.25) is 0 Å². The summed E-state index contributed by atoms with van der Waals surface area (Å²) in [5.41, 5.74) is 2.00. The number of aryl methyl sites for hydroxylation is 1. The molecule has 0 saturated carbocycles. The van der Waals surface area contributed by atoms with Crippen molar-refractivity contribution in [3.05, 3.63) is 90.7 Å². The maximum Gasteiger partial charge on any atom is 0.369 e. The third kappa shape index (κ3) is 3.79. The molecular weight excluding hydrogens is 515 g/mol. The molecule has 3 aromatic heterocycles. The van der Waals surface area contributed by atoms with Crippen LogP contribution in [0.2, 0.25) is 14.5 Å². The Morgan fingerprint density at radius 3 is 2.44 bits per heavy atom. The van der Waals surface area contributed by atoms with Gasteiger partial charge in [-0.15, -0.1) is 11.3 Å². The van der Waals surface area contributed by atoms with Crippen molar-refractivity contribution in [3.63, 3.8) is 0 Å². The first kappa shape index (κ1) is 22.9. The third-order valence-corrected chi connectivity index (χ3v) is 7.41. The number of aromatic nitrogens is 4. The van der Waals surface area contributed by atoms with Crippen molar-refractivity contribution >= 4 is 51.8 Å². The van der Waals surface area contributed by atoms with Crippen LogP contribution in [0.3, 0.4) is 0 Å². The highest BCUT2D eigenvalue weighted by molar-refractivity contribution is 7.15. The molecule has 10 heteroatoms. The molecule has 0 aliphatic carbocycles. The predicted molar refractivity (Wildman–Crippen MR) is 134 cm³/mol. The number of nitrogens with zero attached hydrogens (tertiary/aromatic N) is 4. The van der Waals surface area contributed by atoms with E-state index in [0.717, 1.165) is 4.88 Å². The van der Waals surface area contributed by atoms with E-state index in [1.54, 1.807) is 65.0 Å². The highest BCUT2D eigenvalue weighted by Gasteiger charge is 2.32. The van der Waals surface area contributed by atoms with Gasteiger partial charge in [-0.05, 0) is 30.7 Å². The Balaban J connectivity index is 2.01. The summed E-state index contributed by atoms with van der Waals surface area (Å²) in [7, 11) is 1.78. The monoisotopic (exact) mass is 530 g/mol. The van der Waals surface area contributed by atoms with Crippen LogP contribution in [0.4, 0.5) is 0 Å². The molecule has 5 rings (SSSR count). The molecule has 34 heavy (non-hydrogen) atoms. The second kappa shape index (κ2) is 8.74. The normalized spacial score (nSPS) is 12.4. The van der Waals surface area contributed by atoms with Crippen LogP contribution in [0.5, 0.6) is 5.75 Å². The quantitative estimate of drug-likeness (QED) is 0.293. The van der Waals surface area contributed by atoms with Gasteiger partial charge in [0.15, 0.2) is 10.2 Å². The molecular formula is C24H17Cl3N4O2S. The van der Waals surface area contributed by atoms with E-state index in [1.165, 1.54) is 17.4 Å². The van der Waals surface area contributed by atoms with Crippen molar-refractivity contribution < 1.29 is 9.67 Å². The van der Waals surface area contributed by atoms with Crippen LogP contribution < -0.4 is 15.2 Å². The van der Waals surface area contributed by atoms with Gasteiger partial charge in [-0.2, -0.15) is 0 Å². The number of thiazole rings is 1. The summed E-state index contributed by atoms with van der Waals surface area (Å²) in [5.74, 6) is -0.208. The minimum Gasteiger partial charge on any atom is -0.872 e. The maximum atomic E-state index is 14.0. The fraction of sp³-hybridized carbons (Fsp3) is 0.125. The van der Waals surface area contributed by atoms with Crippen molar-refractivity contribution in [2.75, 3.05) is 0 Å².